The molecule has 0 spiro atoms. The minimum Gasteiger partial charge on any atom is -0.493 e. The highest BCUT2D eigenvalue weighted by molar-refractivity contribution is 7.89. The molecule has 3 unspecified atom stereocenters. The molecule has 174 valence electrons. The predicted octanol–water partition coefficient (Wildman–Crippen LogP) is 3.30. The average molecular weight is 473 g/mol. The molecule has 9 heteroatoms. The monoisotopic (exact) mass is 472 g/mol. The Labute approximate surface area is 192 Å². The second-order valence-corrected chi connectivity index (χ2v) is 10.4. The molecule has 0 bridgehead atoms. The second kappa shape index (κ2) is 8.23. The van der Waals surface area contributed by atoms with Gasteiger partial charge in [0.05, 0.1) is 11.5 Å². The fraction of sp³-hybridized carbons (Fsp3) is 0.375. The van der Waals surface area contributed by atoms with Crippen LogP contribution in [-0.2, 0) is 14.8 Å². The number of halogens is 1. The number of carbonyl (C=O) groups is 1. The molecular weight excluding hydrogens is 447 g/mol. The van der Waals surface area contributed by atoms with Crippen LogP contribution in [0.3, 0.4) is 0 Å². The SMILES string of the molecule is O=C(O)C1(N(F)S(=O)(=O)c2ccccc2/C=C\CN2CCCC2)C2COc3ccccc3C21. The van der Waals surface area contributed by atoms with E-state index in [-0.39, 0.29) is 11.5 Å². The summed E-state index contributed by atoms with van der Waals surface area (Å²) in [6, 6.07) is 12.8. The summed E-state index contributed by atoms with van der Waals surface area (Å²) in [5, 5.41) is 10.1. The highest BCUT2D eigenvalue weighted by atomic mass is 32.2. The van der Waals surface area contributed by atoms with Gasteiger partial charge in [0.15, 0.2) is 5.54 Å². The van der Waals surface area contributed by atoms with Crippen molar-refractivity contribution in [2.75, 3.05) is 26.2 Å². The van der Waals surface area contributed by atoms with E-state index < -0.39 is 37.9 Å². The van der Waals surface area contributed by atoms with Crippen molar-refractivity contribution in [2.24, 2.45) is 5.92 Å². The number of hydrogen-bond acceptors (Lipinski definition) is 5. The number of fused-ring (bicyclic) bond motifs is 3. The van der Waals surface area contributed by atoms with Crippen LogP contribution < -0.4 is 4.74 Å². The zero-order valence-corrected chi connectivity index (χ0v) is 18.7. The number of likely N-dealkylation sites (tertiary alicyclic amines) is 1. The molecule has 3 atom stereocenters. The van der Waals surface area contributed by atoms with Gasteiger partial charge in [0.1, 0.15) is 5.75 Å². The topological polar surface area (TPSA) is 87.2 Å². The Morgan fingerprint density at radius 3 is 2.64 bits per heavy atom. The molecule has 1 saturated heterocycles. The quantitative estimate of drug-likeness (QED) is 0.623. The summed E-state index contributed by atoms with van der Waals surface area (Å²) < 4.78 is 47.9. The highest BCUT2D eigenvalue weighted by Gasteiger charge is 2.79. The molecule has 0 radical (unpaired) electrons. The Morgan fingerprint density at radius 1 is 1.18 bits per heavy atom. The fourth-order valence-corrected chi connectivity index (χ4v) is 6.79. The first kappa shape index (κ1) is 22.1. The van der Waals surface area contributed by atoms with E-state index in [0.717, 1.165) is 25.9 Å². The smallest absolute Gasteiger partial charge is 0.329 e. The van der Waals surface area contributed by atoms with Crippen molar-refractivity contribution in [1.29, 1.82) is 0 Å². The van der Waals surface area contributed by atoms with E-state index in [1.165, 1.54) is 12.1 Å². The molecule has 2 aromatic carbocycles. The molecule has 5 rings (SSSR count). The number of sulfonamides is 1. The lowest BCUT2D eigenvalue weighted by Crippen LogP contribution is -2.45. The summed E-state index contributed by atoms with van der Waals surface area (Å²) in [5.41, 5.74) is -1.41. The molecule has 7 nitrogen and oxygen atoms in total. The molecule has 2 fully saturated rings. The van der Waals surface area contributed by atoms with E-state index in [2.05, 4.69) is 4.90 Å². The molecule has 1 aliphatic carbocycles. The van der Waals surface area contributed by atoms with E-state index in [1.807, 2.05) is 6.08 Å². The van der Waals surface area contributed by atoms with Gasteiger partial charge in [-0.25, -0.2) is 8.42 Å². The van der Waals surface area contributed by atoms with Crippen molar-refractivity contribution in [1.82, 2.24) is 9.43 Å². The van der Waals surface area contributed by atoms with Gasteiger partial charge in [0.2, 0.25) is 0 Å². The van der Waals surface area contributed by atoms with E-state index >= 15 is 4.48 Å². The van der Waals surface area contributed by atoms with Crippen LogP contribution in [0.15, 0.2) is 59.5 Å². The number of hydrogen-bond donors (Lipinski definition) is 1. The van der Waals surface area contributed by atoms with Crippen LogP contribution in [0, 0.1) is 5.92 Å². The molecule has 2 aliphatic heterocycles. The van der Waals surface area contributed by atoms with Crippen LogP contribution in [0.2, 0.25) is 0 Å². The number of rotatable bonds is 7. The third-order valence-corrected chi connectivity index (χ3v) is 8.56. The van der Waals surface area contributed by atoms with E-state index in [9.17, 15) is 18.3 Å². The Kier molecular flexibility index (Phi) is 5.50. The Morgan fingerprint density at radius 2 is 1.88 bits per heavy atom. The average Bonchev–Trinajstić information content (AvgIpc) is 3.24. The maximum Gasteiger partial charge on any atom is 0.329 e. The summed E-state index contributed by atoms with van der Waals surface area (Å²) in [7, 11) is -4.75. The molecule has 2 heterocycles. The Hall–Kier alpha value is -2.75. The lowest BCUT2D eigenvalue weighted by molar-refractivity contribution is -0.149. The van der Waals surface area contributed by atoms with Crippen molar-refractivity contribution in [2.45, 2.75) is 29.2 Å². The Balaban J connectivity index is 1.48. The molecule has 0 amide bonds. The van der Waals surface area contributed by atoms with E-state index in [4.69, 9.17) is 4.74 Å². The zero-order chi connectivity index (χ0) is 23.2. The van der Waals surface area contributed by atoms with Gasteiger partial charge in [0, 0.05) is 23.9 Å². The van der Waals surface area contributed by atoms with Crippen LogP contribution in [-0.4, -0.2) is 60.7 Å². The molecule has 1 N–H and O–H groups in total. The van der Waals surface area contributed by atoms with Crippen molar-refractivity contribution >= 4 is 22.1 Å². The lowest BCUT2D eigenvalue weighted by Gasteiger charge is -2.22. The maximum absolute atomic E-state index is 15.9. The third kappa shape index (κ3) is 3.46. The number of carboxylic acid groups (broad SMARTS) is 1. The number of benzene rings is 2. The number of para-hydroxylation sites is 1. The predicted molar refractivity (Wildman–Crippen MR) is 120 cm³/mol. The second-order valence-electron chi connectivity index (χ2n) is 8.73. The number of aliphatic carboxylic acids is 1. The van der Waals surface area contributed by atoms with Gasteiger partial charge in [-0.1, -0.05) is 48.6 Å². The summed E-state index contributed by atoms with van der Waals surface area (Å²) in [6.07, 6.45) is 5.80. The summed E-state index contributed by atoms with van der Waals surface area (Å²) >= 11 is 0. The first-order valence-electron chi connectivity index (χ1n) is 11.0. The van der Waals surface area contributed by atoms with Gasteiger partial charge < -0.3 is 9.84 Å². The van der Waals surface area contributed by atoms with Crippen LogP contribution in [0.25, 0.3) is 6.08 Å². The van der Waals surface area contributed by atoms with E-state index in [1.54, 1.807) is 42.5 Å². The van der Waals surface area contributed by atoms with Crippen LogP contribution in [0.1, 0.15) is 29.9 Å². The molecule has 1 saturated carbocycles. The summed E-state index contributed by atoms with van der Waals surface area (Å²) in [4.78, 5) is 14.4. The number of ether oxygens (including phenoxy) is 1. The minimum atomic E-state index is -4.75. The lowest BCUT2D eigenvalue weighted by atomic mass is 10.0. The molecule has 2 aromatic rings. The van der Waals surface area contributed by atoms with Crippen LogP contribution in [0.5, 0.6) is 5.75 Å². The van der Waals surface area contributed by atoms with Gasteiger partial charge >= 0.3 is 5.97 Å². The van der Waals surface area contributed by atoms with Crippen molar-refractivity contribution in [3.63, 3.8) is 0 Å². The van der Waals surface area contributed by atoms with E-state index in [0.29, 0.717) is 23.4 Å². The molecule has 0 aromatic heterocycles. The van der Waals surface area contributed by atoms with Gasteiger partial charge in [-0.2, -0.15) is 0 Å². The standard InChI is InChI=1S/C24H25FN2O5S/c25-27(24(23(28)29)19-16-32-20-11-3-2-10-18(20)22(19)24)33(30,31)21-12-4-1-8-17(21)9-7-15-26-13-5-6-14-26/h1-4,7-12,19,22H,5-6,13-16H2,(H,28,29)/b9-7-. The number of carboxylic acids is 1. The minimum absolute atomic E-state index is 0.0682. The Bertz CT molecular complexity index is 1210. The third-order valence-electron chi connectivity index (χ3n) is 6.91. The van der Waals surface area contributed by atoms with Crippen molar-refractivity contribution in [3.05, 3.63) is 65.7 Å². The zero-order valence-electron chi connectivity index (χ0n) is 17.9. The summed E-state index contributed by atoms with van der Waals surface area (Å²) in [6.45, 7) is 2.60. The van der Waals surface area contributed by atoms with Crippen molar-refractivity contribution in [3.8, 4) is 5.75 Å². The van der Waals surface area contributed by atoms with Crippen LogP contribution in [0.4, 0.5) is 4.48 Å². The molecule has 3 aliphatic rings. The molecule has 33 heavy (non-hydrogen) atoms. The fourth-order valence-electron chi connectivity index (χ4n) is 5.21. The van der Waals surface area contributed by atoms with Gasteiger partial charge in [-0.15, -0.1) is 4.48 Å². The number of nitrogens with zero attached hydrogens (tertiary/aromatic N) is 2. The highest BCUT2D eigenvalue weighted by Crippen LogP contribution is 2.66. The first-order chi connectivity index (χ1) is 15.9. The molecular formula is C24H25FN2O5S. The summed E-state index contributed by atoms with van der Waals surface area (Å²) in [5.74, 6) is -2.70. The van der Waals surface area contributed by atoms with Gasteiger partial charge in [-0.05, 0) is 48.2 Å². The largest absolute Gasteiger partial charge is 0.493 e. The van der Waals surface area contributed by atoms with Gasteiger partial charge in [0.25, 0.3) is 10.0 Å². The van der Waals surface area contributed by atoms with Crippen molar-refractivity contribution < 1.29 is 27.5 Å². The normalized spacial score (nSPS) is 26.7. The first-order valence-corrected chi connectivity index (χ1v) is 12.5. The van der Waals surface area contributed by atoms with Gasteiger partial charge in [-0.3, -0.25) is 9.69 Å². The van der Waals surface area contributed by atoms with Crippen LogP contribution >= 0.6 is 0 Å². The maximum atomic E-state index is 15.9.